The summed E-state index contributed by atoms with van der Waals surface area (Å²) in [5.74, 6) is 0.823. The molecule has 0 aliphatic heterocycles. The van der Waals surface area contributed by atoms with Crippen LogP contribution in [-0.2, 0) is 0 Å². The average Bonchev–Trinajstić information content (AvgIpc) is 3.71. The fourth-order valence-corrected chi connectivity index (χ4v) is 7.23. The van der Waals surface area contributed by atoms with Crippen LogP contribution in [-0.4, -0.2) is 18.9 Å². The number of para-hydroxylation sites is 4. The van der Waals surface area contributed by atoms with Gasteiger partial charge in [0.05, 0.1) is 27.6 Å². The maximum Gasteiger partial charge on any atom is 0.221 e. The highest BCUT2D eigenvalue weighted by molar-refractivity contribution is 6.10. The smallest absolute Gasteiger partial charge is 0.221 e. The van der Waals surface area contributed by atoms with Gasteiger partial charge in [-0.25, -0.2) is 9.97 Å². The van der Waals surface area contributed by atoms with Crippen molar-refractivity contribution in [1.82, 2.24) is 18.9 Å². The molecule has 0 N–H and O–H groups in total. The molecule has 0 saturated heterocycles. The van der Waals surface area contributed by atoms with Crippen LogP contribution in [0.25, 0.3) is 88.7 Å². The van der Waals surface area contributed by atoms with Crippen molar-refractivity contribution < 1.29 is 0 Å². The van der Waals surface area contributed by atoms with Crippen LogP contribution in [0.15, 0.2) is 170 Å². The van der Waals surface area contributed by atoms with E-state index in [9.17, 15) is 0 Å². The molecule has 0 spiro atoms. The molecule has 0 fully saturated rings. The van der Waals surface area contributed by atoms with Gasteiger partial charge in [-0.05, 0) is 88.0 Å². The third-order valence-electron chi connectivity index (χ3n) is 9.48. The minimum Gasteiger partial charge on any atom is -0.279 e. The number of aromatic nitrogens is 4. The number of imidazole rings is 1. The molecule has 0 saturated carbocycles. The van der Waals surface area contributed by atoms with Crippen LogP contribution in [0.2, 0.25) is 0 Å². The highest BCUT2D eigenvalue weighted by Gasteiger charge is 2.20. The SMILES string of the molecule is c1ccc(-c2cc(-c3ccccc3)cc(-c3ccc4c5ccccc5n(-c5nc6ccccc6c6nc7ccccc7n56)c4c3)c2)cc1. The highest BCUT2D eigenvalue weighted by Crippen LogP contribution is 2.38. The average molecular weight is 613 g/mol. The highest BCUT2D eigenvalue weighted by atomic mass is 15.2. The summed E-state index contributed by atoms with van der Waals surface area (Å²) in [4.78, 5) is 10.5. The Morgan fingerprint density at radius 3 is 1.58 bits per heavy atom. The van der Waals surface area contributed by atoms with Gasteiger partial charge in [0, 0.05) is 16.2 Å². The molecule has 10 rings (SSSR count). The minimum atomic E-state index is 0.823. The summed E-state index contributed by atoms with van der Waals surface area (Å²) in [5.41, 5.74) is 13.1. The van der Waals surface area contributed by atoms with Crippen LogP contribution in [0.4, 0.5) is 0 Å². The second-order valence-corrected chi connectivity index (χ2v) is 12.3. The zero-order valence-electron chi connectivity index (χ0n) is 26.0. The van der Waals surface area contributed by atoms with E-state index in [0.29, 0.717) is 0 Å². The van der Waals surface area contributed by atoms with Gasteiger partial charge in [0.15, 0.2) is 0 Å². The predicted molar refractivity (Wildman–Crippen MR) is 199 cm³/mol. The van der Waals surface area contributed by atoms with Gasteiger partial charge >= 0.3 is 0 Å². The van der Waals surface area contributed by atoms with E-state index in [-0.39, 0.29) is 0 Å². The molecule has 224 valence electrons. The molecule has 3 heterocycles. The van der Waals surface area contributed by atoms with Crippen LogP contribution in [0.5, 0.6) is 0 Å². The Kier molecular flexibility index (Phi) is 5.84. The fourth-order valence-electron chi connectivity index (χ4n) is 7.23. The van der Waals surface area contributed by atoms with E-state index in [1.165, 1.54) is 38.6 Å². The lowest BCUT2D eigenvalue weighted by molar-refractivity contribution is 0.979. The summed E-state index contributed by atoms with van der Waals surface area (Å²) in [7, 11) is 0. The summed E-state index contributed by atoms with van der Waals surface area (Å²) < 4.78 is 4.54. The lowest BCUT2D eigenvalue weighted by Gasteiger charge is -2.14. The van der Waals surface area contributed by atoms with Crippen LogP contribution < -0.4 is 0 Å². The first-order valence-electron chi connectivity index (χ1n) is 16.3. The first-order valence-corrected chi connectivity index (χ1v) is 16.3. The molecule has 0 radical (unpaired) electrons. The van der Waals surface area contributed by atoms with Crippen LogP contribution in [0.1, 0.15) is 0 Å². The maximum atomic E-state index is 5.36. The van der Waals surface area contributed by atoms with Crippen molar-refractivity contribution in [3.63, 3.8) is 0 Å². The van der Waals surface area contributed by atoms with Gasteiger partial charge in [-0.15, -0.1) is 0 Å². The quantitative estimate of drug-likeness (QED) is 0.198. The molecule has 4 heteroatoms. The van der Waals surface area contributed by atoms with E-state index in [1.54, 1.807) is 0 Å². The standard InChI is InChI=1S/C44H28N4/c1-3-13-29(14-4-1)32-25-33(30-15-5-2-6-16-30)27-34(26-32)31-23-24-36-35-17-8-11-21-40(35)47(42(36)28-31)44-46-38-19-9-7-18-37(38)43-45-39-20-10-12-22-41(39)48(43)44/h1-28H. The largest absolute Gasteiger partial charge is 0.279 e. The van der Waals surface area contributed by atoms with Crippen molar-refractivity contribution in [2.45, 2.75) is 0 Å². The van der Waals surface area contributed by atoms with E-state index in [0.717, 1.165) is 50.1 Å². The fraction of sp³-hybridized carbons (Fsp3) is 0. The third-order valence-corrected chi connectivity index (χ3v) is 9.48. The number of hydrogen-bond acceptors (Lipinski definition) is 2. The number of benzene rings is 7. The first-order chi connectivity index (χ1) is 23.8. The van der Waals surface area contributed by atoms with Crippen LogP contribution in [0, 0.1) is 0 Å². The molecule has 0 amide bonds. The Morgan fingerprint density at radius 2 is 0.875 bits per heavy atom. The molecule has 0 atom stereocenters. The van der Waals surface area contributed by atoms with Gasteiger partial charge in [0.1, 0.15) is 5.65 Å². The van der Waals surface area contributed by atoms with Crippen molar-refractivity contribution in [2.75, 3.05) is 0 Å². The van der Waals surface area contributed by atoms with Gasteiger partial charge < -0.3 is 0 Å². The molecule has 0 aliphatic rings. The van der Waals surface area contributed by atoms with E-state index < -0.39 is 0 Å². The molecular formula is C44H28N4. The van der Waals surface area contributed by atoms with Crippen molar-refractivity contribution in [2.24, 2.45) is 0 Å². The summed E-state index contributed by atoms with van der Waals surface area (Å²) in [6.45, 7) is 0. The third kappa shape index (κ3) is 4.10. The molecule has 4 nitrogen and oxygen atoms in total. The Labute approximate surface area is 276 Å². The normalized spacial score (nSPS) is 11.8. The van der Waals surface area contributed by atoms with Crippen molar-refractivity contribution in [1.29, 1.82) is 0 Å². The molecule has 0 unspecified atom stereocenters. The van der Waals surface area contributed by atoms with E-state index >= 15 is 0 Å². The van der Waals surface area contributed by atoms with E-state index in [1.807, 2.05) is 12.1 Å². The number of fused-ring (bicyclic) bond motifs is 8. The Morgan fingerprint density at radius 1 is 0.333 bits per heavy atom. The van der Waals surface area contributed by atoms with Gasteiger partial charge in [-0.3, -0.25) is 8.97 Å². The molecule has 7 aromatic carbocycles. The lowest BCUT2D eigenvalue weighted by Crippen LogP contribution is -2.06. The second-order valence-electron chi connectivity index (χ2n) is 12.3. The summed E-state index contributed by atoms with van der Waals surface area (Å²) >= 11 is 0. The minimum absolute atomic E-state index is 0.823. The lowest BCUT2D eigenvalue weighted by atomic mass is 9.93. The van der Waals surface area contributed by atoms with Crippen molar-refractivity contribution >= 4 is 49.4 Å². The summed E-state index contributed by atoms with van der Waals surface area (Å²) in [6, 6.07) is 60.3. The van der Waals surface area contributed by atoms with Crippen molar-refractivity contribution in [3.8, 4) is 39.3 Å². The zero-order valence-corrected chi connectivity index (χ0v) is 26.0. The molecular weight excluding hydrogens is 585 g/mol. The van der Waals surface area contributed by atoms with Crippen molar-refractivity contribution in [3.05, 3.63) is 170 Å². The van der Waals surface area contributed by atoms with Gasteiger partial charge in [-0.2, -0.15) is 0 Å². The Balaban J connectivity index is 1.29. The predicted octanol–water partition coefficient (Wildman–Crippen LogP) is 11.1. The van der Waals surface area contributed by atoms with Crippen LogP contribution in [0.3, 0.4) is 0 Å². The molecule has 48 heavy (non-hydrogen) atoms. The molecule has 10 aromatic rings. The topological polar surface area (TPSA) is 35.1 Å². The first kappa shape index (κ1) is 26.7. The molecule has 0 bridgehead atoms. The maximum absolute atomic E-state index is 5.36. The zero-order chi connectivity index (χ0) is 31.6. The Hall–Kier alpha value is -6.52. The van der Waals surface area contributed by atoms with Gasteiger partial charge in [0.25, 0.3) is 0 Å². The van der Waals surface area contributed by atoms with E-state index in [2.05, 4.69) is 167 Å². The summed E-state index contributed by atoms with van der Waals surface area (Å²) in [6.07, 6.45) is 0. The number of nitrogens with zero attached hydrogens (tertiary/aromatic N) is 4. The molecule has 3 aromatic heterocycles. The molecule has 0 aliphatic carbocycles. The van der Waals surface area contributed by atoms with Gasteiger partial charge in [0.2, 0.25) is 5.95 Å². The van der Waals surface area contributed by atoms with E-state index in [4.69, 9.17) is 9.97 Å². The second kappa shape index (κ2) is 10.5. The monoisotopic (exact) mass is 612 g/mol. The van der Waals surface area contributed by atoms with Gasteiger partial charge in [-0.1, -0.05) is 115 Å². The number of rotatable bonds is 4. The summed E-state index contributed by atoms with van der Waals surface area (Å²) in [5, 5.41) is 3.41. The van der Waals surface area contributed by atoms with Crippen LogP contribution >= 0.6 is 0 Å². The number of hydrogen-bond donors (Lipinski definition) is 0. The Bertz CT molecular complexity index is 2770.